The smallest absolute Gasteiger partial charge is 0.343 e. The molecule has 1 fully saturated rings. The van der Waals surface area contributed by atoms with Crippen LogP contribution in [0.15, 0.2) is 89.9 Å². The minimum absolute atomic E-state index is 0.0714. The van der Waals surface area contributed by atoms with E-state index in [4.69, 9.17) is 14.7 Å². The number of halogens is 2. The number of hydrogen-bond donors (Lipinski definition) is 0. The fourth-order valence-electron chi connectivity index (χ4n) is 4.84. The second kappa shape index (κ2) is 14.8. The van der Waals surface area contributed by atoms with Gasteiger partial charge >= 0.3 is 11.9 Å². The van der Waals surface area contributed by atoms with Crippen molar-refractivity contribution in [3.8, 4) is 17.6 Å². The summed E-state index contributed by atoms with van der Waals surface area (Å²) < 4.78 is 37.3. The van der Waals surface area contributed by atoms with E-state index in [1.807, 2.05) is 19.1 Å². The maximum atomic E-state index is 13.7. The molecule has 0 saturated heterocycles. The molecule has 0 amide bonds. The summed E-state index contributed by atoms with van der Waals surface area (Å²) in [5.41, 5.74) is 3.19. The molecule has 0 unspecified atom stereocenters. The molecule has 0 atom stereocenters. The minimum Gasteiger partial charge on any atom is -0.423 e. The van der Waals surface area contributed by atoms with E-state index in [0.717, 1.165) is 23.6 Å². The molecule has 0 spiro atoms. The number of carbonyl (C=O) groups excluding carboxylic acids is 2. The van der Waals surface area contributed by atoms with Crippen molar-refractivity contribution < 1.29 is 27.8 Å². The molecule has 0 N–H and O–H groups in total. The van der Waals surface area contributed by atoms with Gasteiger partial charge in [0.05, 0.1) is 22.4 Å². The van der Waals surface area contributed by atoms with Crippen LogP contribution in [0.2, 0.25) is 0 Å². The number of carbonyl (C=O) groups is 2. The first-order valence-corrected chi connectivity index (χ1v) is 14.2. The van der Waals surface area contributed by atoms with E-state index in [2.05, 4.69) is 18.6 Å². The lowest BCUT2D eigenvalue weighted by Crippen LogP contribution is -2.12. The average molecular weight is 595 g/mol. The molecule has 0 aliphatic heterocycles. The lowest BCUT2D eigenvalue weighted by Gasteiger charge is -2.26. The van der Waals surface area contributed by atoms with Crippen LogP contribution >= 0.6 is 0 Å². The van der Waals surface area contributed by atoms with Crippen molar-refractivity contribution in [1.82, 2.24) is 0 Å². The molecule has 224 valence electrons. The topological polar surface area (TPSA) is 88.8 Å². The standard InChI is InChI=1S/C21H22FNO2.C15H10FNO2/c1-14-3-5-15(6-4-14)16-7-9-17(10-8-16)21(24)25-18-11-12-20(23-2)19(22)13-18;1-10-2-4-11(5-3-10)15(18)19-13-7-6-12(9-17)14(16)8-13/h7-15H,2-6H2,1H3;2-8H,1H3. The molecular weight excluding hydrogens is 562 g/mol. The molecule has 6 nitrogen and oxygen atoms in total. The van der Waals surface area contributed by atoms with Gasteiger partial charge < -0.3 is 9.47 Å². The minimum atomic E-state index is -0.711. The number of nitrogens with zero attached hydrogens (tertiary/aromatic N) is 2. The van der Waals surface area contributed by atoms with Crippen LogP contribution < -0.4 is 9.47 Å². The van der Waals surface area contributed by atoms with Crippen LogP contribution in [-0.2, 0) is 0 Å². The van der Waals surface area contributed by atoms with Gasteiger partial charge in [-0.1, -0.05) is 49.6 Å². The first-order valence-electron chi connectivity index (χ1n) is 14.2. The van der Waals surface area contributed by atoms with Crippen molar-refractivity contribution in [3.05, 3.63) is 124 Å². The fourth-order valence-corrected chi connectivity index (χ4v) is 4.84. The lowest BCUT2D eigenvalue weighted by atomic mass is 9.79. The molecule has 0 bridgehead atoms. The van der Waals surface area contributed by atoms with Crippen LogP contribution in [0.3, 0.4) is 0 Å². The summed E-state index contributed by atoms with van der Waals surface area (Å²) in [6.07, 6.45) is 4.92. The average Bonchev–Trinajstić information content (AvgIpc) is 3.02. The summed E-state index contributed by atoms with van der Waals surface area (Å²) in [6, 6.07) is 23.9. The monoisotopic (exact) mass is 594 g/mol. The van der Waals surface area contributed by atoms with Gasteiger partial charge in [0, 0.05) is 12.1 Å². The van der Waals surface area contributed by atoms with Crippen LogP contribution in [0.25, 0.3) is 0 Å². The van der Waals surface area contributed by atoms with Gasteiger partial charge in [0.1, 0.15) is 23.4 Å². The largest absolute Gasteiger partial charge is 0.423 e. The van der Waals surface area contributed by atoms with E-state index < -0.39 is 23.6 Å². The Bertz CT molecular complexity index is 1670. The molecule has 4 aromatic rings. The third-order valence-corrected chi connectivity index (χ3v) is 7.49. The van der Waals surface area contributed by atoms with Crippen molar-refractivity contribution in [2.24, 2.45) is 10.9 Å². The molecular formula is C36H32F2N2O4. The molecule has 0 aromatic heterocycles. The van der Waals surface area contributed by atoms with Gasteiger partial charge in [-0.3, -0.25) is 4.99 Å². The van der Waals surface area contributed by atoms with Gasteiger partial charge in [-0.15, -0.1) is 0 Å². The Labute approximate surface area is 255 Å². The Morgan fingerprint density at radius 3 is 1.82 bits per heavy atom. The Morgan fingerprint density at radius 1 is 0.795 bits per heavy atom. The van der Waals surface area contributed by atoms with E-state index >= 15 is 0 Å². The van der Waals surface area contributed by atoms with Crippen LogP contribution in [0, 0.1) is 35.8 Å². The van der Waals surface area contributed by atoms with Gasteiger partial charge in [0.2, 0.25) is 0 Å². The highest BCUT2D eigenvalue weighted by Gasteiger charge is 2.20. The number of benzene rings is 4. The first-order chi connectivity index (χ1) is 21.2. The molecule has 5 rings (SSSR count). The first kappa shape index (κ1) is 31.8. The zero-order chi connectivity index (χ0) is 31.6. The highest BCUT2D eigenvalue weighted by Crippen LogP contribution is 2.35. The number of nitriles is 1. The third-order valence-electron chi connectivity index (χ3n) is 7.49. The van der Waals surface area contributed by atoms with Gasteiger partial charge in [-0.2, -0.15) is 5.26 Å². The van der Waals surface area contributed by atoms with Crippen LogP contribution in [0.1, 0.15) is 75.9 Å². The predicted octanol–water partition coefficient (Wildman–Crippen LogP) is 8.90. The van der Waals surface area contributed by atoms with Crippen LogP contribution in [0.5, 0.6) is 11.5 Å². The van der Waals surface area contributed by atoms with Crippen LogP contribution in [0.4, 0.5) is 14.5 Å². The Morgan fingerprint density at radius 2 is 1.32 bits per heavy atom. The van der Waals surface area contributed by atoms with Crippen molar-refractivity contribution >= 4 is 24.3 Å². The zero-order valence-electron chi connectivity index (χ0n) is 24.6. The van der Waals surface area contributed by atoms with Crippen LogP contribution in [-0.4, -0.2) is 18.7 Å². The van der Waals surface area contributed by atoms with E-state index in [1.54, 1.807) is 42.5 Å². The van der Waals surface area contributed by atoms with Gasteiger partial charge in [0.25, 0.3) is 0 Å². The molecule has 4 aromatic carbocycles. The highest BCUT2D eigenvalue weighted by molar-refractivity contribution is 5.91. The maximum Gasteiger partial charge on any atom is 0.343 e. The number of rotatable bonds is 6. The maximum absolute atomic E-state index is 13.7. The second-order valence-electron chi connectivity index (χ2n) is 10.7. The van der Waals surface area contributed by atoms with E-state index in [9.17, 15) is 18.4 Å². The summed E-state index contributed by atoms with van der Waals surface area (Å²) in [5, 5.41) is 8.60. The number of ether oxygens (including phenoxy) is 2. The number of esters is 2. The van der Waals surface area contributed by atoms with E-state index in [1.165, 1.54) is 55.5 Å². The molecule has 0 radical (unpaired) electrons. The summed E-state index contributed by atoms with van der Waals surface area (Å²) in [7, 11) is 0. The van der Waals surface area contributed by atoms with Crippen molar-refractivity contribution in [1.29, 1.82) is 5.26 Å². The molecule has 1 saturated carbocycles. The third kappa shape index (κ3) is 8.45. The number of hydrogen-bond acceptors (Lipinski definition) is 6. The van der Waals surface area contributed by atoms with Crippen molar-refractivity contribution in [3.63, 3.8) is 0 Å². The summed E-state index contributed by atoms with van der Waals surface area (Å²) in [5.74, 6) is -0.726. The van der Waals surface area contributed by atoms with Gasteiger partial charge in [0.15, 0.2) is 5.82 Å². The summed E-state index contributed by atoms with van der Waals surface area (Å²) >= 11 is 0. The molecule has 1 aliphatic carbocycles. The normalized spacial score (nSPS) is 15.6. The molecule has 44 heavy (non-hydrogen) atoms. The van der Waals surface area contributed by atoms with Gasteiger partial charge in [-0.05, 0) is 92.4 Å². The van der Waals surface area contributed by atoms with Crippen molar-refractivity contribution in [2.45, 2.75) is 45.4 Å². The Balaban J connectivity index is 0.000000209. The van der Waals surface area contributed by atoms with Gasteiger partial charge in [-0.25, -0.2) is 18.4 Å². The molecule has 8 heteroatoms. The van der Waals surface area contributed by atoms with E-state index in [-0.39, 0.29) is 22.7 Å². The summed E-state index contributed by atoms with van der Waals surface area (Å²) in [6.45, 7) is 7.49. The SMILES string of the molecule is C=Nc1ccc(OC(=O)c2ccc(C3CCC(C)CC3)cc2)cc1F.Cc1ccc(C(=O)Oc2ccc(C#N)c(F)c2)cc1. The van der Waals surface area contributed by atoms with Crippen molar-refractivity contribution in [2.75, 3.05) is 0 Å². The fraction of sp³-hybridized carbons (Fsp3) is 0.222. The number of aliphatic imine (C=N–C) groups is 1. The Hall–Kier alpha value is -5.16. The Kier molecular flexibility index (Phi) is 10.7. The summed E-state index contributed by atoms with van der Waals surface area (Å²) in [4.78, 5) is 27.6. The highest BCUT2D eigenvalue weighted by atomic mass is 19.1. The zero-order valence-corrected chi connectivity index (χ0v) is 24.6. The number of aryl methyl sites for hydroxylation is 1. The lowest BCUT2D eigenvalue weighted by molar-refractivity contribution is 0.0724. The second-order valence-corrected chi connectivity index (χ2v) is 10.7. The predicted molar refractivity (Wildman–Crippen MR) is 165 cm³/mol. The van der Waals surface area contributed by atoms with E-state index in [0.29, 0.717) is 17.0 Å². The quantitative estimate of drug-likeness (QED) is 0.126. The molecule has 1 aliphatic rings. The molecule has 0 heterocycles.